The van der Waals surface area contributed by atoms with Gasteiger partial charge in [-0.15, -0.1) is 0 Å². The topological polar surface area (TPSA) is 45.0 Å². The molecule has 0 radical (unpaired) electrons. The van der Waals surface area contributed by atoms with E-state index in [0.717, 1.165) is 22.3 Å². The van der Waals surface area contributed by atoms with Crippen LogP contribution < -0.4 is 10.1 Å². The molecule has 1 aromatic rings. The van der Waals surface area contributed by atoms with Crippen LogP contribution in [0.15, 0.2) is 22.7 Å². The monoisotopic (exact) mass is 296 g/mol. The molecule has 0 amide bonds. The molecule has 0 aliphatic heterocycles. The molecule has 1 N–H and O–H groups in total. The molecule has 3 nitrogen and oxygen atoms in total. The van der Waals surface area contributed by atoms with Gasteiger partial charge in [-0.25, -0.2) is 0 Å². The third-order valence-corrected chi connectivity index (χ3v) is 2.99. The summed E-state index contributed by atoms with van der Waals surface area (Å²) < 4.78 is 6.03. The molecule has 1 unspecified atom stereocenters. The molecule has 17 heavy (non-hydrogen) atoms. The molecule has 0 saturated heterocycles. The lowest BCUT2D eigenvalue weighted by molar-refractivity contribution is 0.411. The van der Waals surface area contributed by atoms with E-state index in [0.29, 0.717) is 5.92 Å². The molecule has 0 fully saturated rings. The van der Waals surface area contributed by atoms with E-state index in [1.54, 1.807) is 7.11 Å². The molecule has 4 heteroatoms. The Morgan fingerprint density at radius 3 is 2.65 bits per heavy atom. The van der Waals surface area contributed by atoms with Gasteiger partial charge in [-0.2, -0.15) is 5.26 Å². The van der Waals surface area contributed by atoms with Gasteiger partial charge in [-0.1, -0.05) is 19.9 Å². The van der Waals surface area contributed by atoms with Crippen LogP contribution in [-0.4, -0.2) is 13.7 Å². The third kappa shape index (κ3) is 4.03. The summed E-state index contributed by atoms with van der Waals surface area (Å²) in [4.78, 5) is 0. The Bertz CT molecular complexity index is 412. The van der Waals surface area contributed by atoms with Crippen LogP contribution in [0.2, 0.25) is 0 Å². The summed E-state index contributed by atoms with van der Waals surface area (Å²) in [6, 6.07) is 7.67. The second-order valence-electron chi connectivity index (χ2n) is 4.26. The molecule has 0 heterocycles. The lowest BCUT2D eigenvalue weighted by Gasteiger charge is -2.14. The number of benzene rings is 1. The highest BCUT2D eigenvalue weighted by Gasteiger charge is 2.12. The smallest absolute Gasteiger partial charge is 0.133 e. The first-order valence-electron chi connectivity index (χ1n) is 5.55. The van der Waals surface area contributed by atoms with Crippen LogP contribution in [0.4, 0.5) is 0 Å². The SMILES string of the molecule is COc1ccc(C(C#N)NCC(C)C)cc1Br. The quantitative estimate of drug-likeness (QED) is 0.907. The molecule has 1 rings (SSSR count). The van der Waals surface area contributed by atoms with Gasteiger partial charge in [0.25, 0.3) is 0 Å². The van der Waals surface area contributed by atoms with Gasteiger partial charge in [0.2, 0.25) is 0 Å². The number of hydrogen-bond acceptors (Lipinski definition) is 3. The Balaban J connectivity index is 2.83. The zero-order valence-electron chi connectivity index (χ0n) is 10.3. The summed E-state index contributed by atoms with van der Waals surface area (Å²) in [7, 11) is 1.62. The molecule has 92 valence electrons. The first-order valence-corrected chi connectivity index (χ1v) is 6.34. The first-order chi connectivity index (χ1) is 8.08. The summed E-state index contributed by atoms with van der Waals surface area (Å²) in [6.45, 7) is 5.05. The first kappa shape index (κ1) is 14.0. The van der Waals surface area contributed by atoms with Crippen LogP contribution in [0.25, 0.3) is 0 Å². The molecular weight excluding hydrogens is 280 g/mol. The lowest BCUT2D eigenvalue weighted by Crippen LogP contribution is -2.24. The summed E-state index contributed by atoms with van der Waals surface area (Å²) in [6.07, 6.45) is 0. The zero-order valence-corrected chi connectivity index (χ0v) is 11.9. The highest BCUT2D eigenvalue weighted by molar-refractivity contribution is 9.10. The lowest BCUT2D eigenvalue weighted by atomic mass is 10.1. The van der Waals surface area contributed by atoms with Gasteiger partial charge in [0.1, 0.15) is 11.8 Å². The Morgan fingerprint density at radius 1 is 1.47 bits per heavy atom. The van der Waals surface area contributed by atoms with E-state index >= 15 is 0 Å². The second-order valence-corrected chi connectivity index (χ2v) is 5.11. The van der Waals surface area contributed by atoms with E-state index in [-0.39, 0.29) is 6.04 Å². The van der Waals surface area contributed by atoms with Crippen LogP contribution in [0.1, 0.15) is 25.5 Å². The van der Waals surface area contributed by atoms with Gasteiger partial charge in [-0.05, 0) is 46.1 Å². The Morgan fingerprint density at radius 2 is 2.18 bits per heavy atom. The van der Waals surface area contributed by atoms with Crippen LogP contribution in [0.5, 0.6) is 5.75 Å². The van der Waals surface area contributed by atoms with Crippen molar-refractivity contribution in [1.29, 1.82) is 5.26 Å². The summed E-state index contributed by atoms with van der Waals surface area (Å²) >= 11 is 3.42. The zero-order chi connectivity index (χ0) is 12.8. The van der Waals surface area contributed by atoms with Crippen molar-refractivity contribution in [3.8, 4) is 11.8 Å². The van der Waals surface area contributed by atoms with Gasteiger partial charge < -0.3 is 4.74 Å². The molecule has 0 aliphatic carbocycles. The van der Waals surface area contributed by atoms with Crippen molar-refractivity contribution >= 4 is 15.9 Å². The van der Waals surface area contributed by atoms with E-state index in [1.165, 1.54) is 0 Å². The molecule has 0 aromatic heterocycles. The fourth-order valence-corrected chi connectivity index (χ4v) is 2.01. The van der Waals surface area contributed by atoms with Crippen molar-refractivity contribution in [3.63, 3.8) is 0 Å². The fourth-order valence-electron chi connectivity index (χ4n) is 1.45. The number of halogens is 1. The Hall–Kier alpha value is -1.05. The molecule has 1 atom stereocenters. The predicted molar refractivity (Wildman–Crippen MR) is 71.9 cm³/mol. The Kier molecular flexibility index (Phi) is 5.46. The maximum Gasteiger partial charge on any atom is 0.133 e. The van der Waals surface area contributed by atoms with Crippen molar-refractivity contribution in [2.45, 2.75) is 19.9 Å². The minimum Gasteiger partial charge on any atom is -0.496 e. The molecule has 0 saturated carbocycles. The van der Waals surface area contributed by atoms with Crippen molar-refractivity contribution in [2.24, 2.45) is 5.92 Å². The summed E-state index contributed by atoms with van der Waals surface area (Å²) in [5, 5.41) is 12.4. The highest BCUT2D eigenvalue weighted by atomic mass is 79.9. The maximum atomic E-state index is 9.15. The predicted octanol–water partition coefficient (Wildman–Crippen LogP) is 3.27. The minimum absolute atomic E-state index is 0.278. The standard InChI is InChI=1S/C13H17BrN2O/c1-9(2)8-16-12(7-15)10-4-5-13(17-3)11(14)6-10/h4-6,9,12,16H,8H2,1-3H3. The van der Waals surface area contributed by atoms with Crippen LogP contribution >= 0.6 is 15.9 Å². The number of hydrogen-bond donors (Lipinski definition) is 1. The molecule has 0 aliphatic rings. The highest BCUT2D eigenvalue weighted by Crippen LogP contribution is 2.27. The van der Waals surface area contributed by atoms with E-state index in [9.17, 15) is 0 Å². The van der Waals surface area contributed by atoms with Gasteiger partial charge in [-0.3, -0.25) is 5.32 Å². The van der Waals surface area contributed by atoms with E-state index in [4.69, 9.17) is 10.00 Å². The molecule has 0 spiro atoms. The number of ether oxygens (including phenoxy) is 1. The van der Waals surface area contributed by atoms with E-state index in [1.807, 2.05) is 18.2 Å². The van der Waals surface area contributed by atoms with Gasteiger partial charge in [0.05, 0.1) is 17.7 Å². The van der Waals surface area contributed by atoms with Crippen LogP contribution in [0, 0.1) is 17.2 Å². The number of methoxy groups -OCH3 is 1. The number of nitrogens with zero attached hydrogens (tertiary/aromatic N) is 1. The maximum absolute atomic E-state index is 9.15. The summed E-state index contributed by atoms with van der Waals surface area (Å²) in [5.41, 5.74) is 0.945. The fraction of sp³-hybridized carbons (Fsp3) is 0.462. The van der Waals surface area contributed by atoms with E-state index in [2.05, 4.69) is 41.2 Å². The van der Waals surface area contributed by atoms with E-state index < -0.39 is 0 Å². The molecule has 1 aromatic carbocycles. The van der Waals surface area contributed by atoms with Crippen molar-refractivity contribution in [3.05, 3.63) is 28.2 Å². The van der Waals surface area contributed by atoms with Gasteiger partial charge in [0.15, 0.2) is 0 Å². The summed E-state index contributed by atoms with van der Waals surface area (Å²) in [5.74, 6) is 1.29. The van der Waals surface area contributed by atoms with Crippen molar-refractivity contribution < 1.29 is 4.74 Å². The van der Waals surface area contributed by atoms with Gasteiger partial charge >= 0.3 is 0 Å². The largest absolute Gasteiger partial charge is 0.496 e. The van der Waals surface area contributed by atoms with Crippen LogP contribution in [-0.2, 0) is 0 Å². The third-order valence-electron chi connectivity index (χ3n) is 2.37. The number of nitrogens with one attached hydrogen (secondary N) is 1. The number of rotatable bonds is 5. The normalized spacial score (nSPS) is 12.2. The van der Waals surface area contributed by atoms with Crippen LogP contribution in [0.3, 0.4) is 0 Å². The average molecular weight is 297 g/mol. The Labute approximate surface area is 111 Å². The minimum atomic E-state index is -0.278. The number of nitriles is 1. The van der Waals surface area contributed by atoms with Gasteiger partial charge in [0, 0.05) is 0 Å². The van der Waals surface area contributed by atoms with Crippen molar-refractivity contribution in [1.82, 2.24) is 5.32 Å². The average Bonchev–Trinajstić information content (AvgIpc) is 2.29. The molecular formula is C13H17BrN2O. The van der Waals surface area contributed by atoms with Crippen molar-refractivity contribution in [2.75, 3.05) is 13.7 Å². The molecule has 0 bridgehead atoms. The second kappa shape index (κ2) is 6.63.